The number of aryl methyl sites for hydroxylation is 1. The van der Waals surface area contributed by atoms with Crippen LogP contribution in [-0.2, 0) is 6.18 Å². The van der Waals surface area contributed by atoms with Gasteiger partial charge in [-0.05, 0) is 62.9 Å². The lowest BCUT2D eigenvalue weighted by Crippen LogP contribution is -2.31. The van der Waals surface area contributed by atoms with Crippen LogP contribution < -0.4 is 25.8 Å². The number of nitrogen functional groups attached to an aromatic ring is 2. The largest absolute Gasteiger partial charge is 0.490 e. The van der Waals surface area contributed by atoms with Gasteiger partial charge in [0.05, 0.1) is 35.3 Å². The maximum absolute atomic E-state index is 16.8. The molecule has 17 heteroatoms. The summed E-state index contributed by atoms with van der Waals surface area (Å²) < 4.78 is 100. The number of nitriles is 1. The van der Waals surface area contributed by atoms with Gasteiger partial charge in [0, 0.05) is 35.3 Å². The molecule has 10 nitrogen and oxygen atoms in total. The van der Waals surface area contributed by atoms with Gasteiger partial charge < -0.3 is 25.8 Å². The maximum Gasteiger partial charge on any atom is 0.420 e. The molecule has 3 aliphatic heterocycles. The highest BCUT2D eigenvalue weighted by Gasteiger charge is 2.44. The molecule has 0 saturated carbocycles. The lowest BCUT2D eigenvalue weighted by atomic mass is 9.91. The molecule has 278 valence electrons. The Hall–Kier alpha value is -5.08. The lowest BCUT2D eigenvalue weighted by molar-refractivity contribution is -0.138. The van der Waals surface area contributed by atoms with Crippen molar-refractivity contribution >= 4 is 49.0 Å². The molecule has 2 fully saturated rings. The van der Waals surface area contributed by atoms with Crippen molar-refractivity contribution in [1.29, 1.82) is 5.26 Å². The van der Waals surface area contributed by atoms with Crippen LogP contribution in [0.2, 0.25) is 0 Å². The third-order valence-electron chi connectivity index (χ3n) is 9.98. The predicted octanol–water partition coefficient (Wildman–Crippen LogP) is 7.71. The predicted molar refractivity (Wildman–Crippen MR) is 190 cm³/mol. The standard InChI is InChI=1S/C29H22F5N7O2S.C7H12FN/c1-11-8-14(25(36)38-10-11)12(2)41-6-7-43-23-19-22(39-28(42-3)40-27(19)41)21(31)18(20(23)29(32,33)34)13-4-5-16(30)24-17(13)15(9-35)26(37)44-24;8-6-4-7-2-1-3-9(7)5-6/h4-5,8,10,12H,6-7,37H2,1-3H3,(H2,36,38);6-7H,1-5H2. The Morgan fingerprint density at radius 3 is 2.62 bits per heavy atom. The minimum Gasteiger partial charge on any atom is -0.490 e. The zero-order valence-corrected chi connectivity index (χ0v) is 29.6. The smallest absolute Gasteiger partial charge is 0.420 e. The first-order valence-corrected chi connectivity index (χ1v) is 17.6. The minimum atomic E-state index is -5.18. The fourth-order valence-electron chi connectivity index (χ4n) is 7.60. The molecule has 2 saturated heterocycles. The minimum absolute atomic E-state index is 0.0210. The van der Waals surface area contributed by atoms with Gasteiger partial charge in [-0.15, -0.1) is 11.3 Å². The topological polar surface area (TPSA) is 139 Å². The average molecular weight is 757 g/mol. The fraction of sp³-hybridized carbons (Fsp3) is 0.389. The molecule has 3 aliphatic rings. The summed E-state index contributed by atoms with van der Waals surface area (Å²) in [6, 6.07) is 5.17. The van der Waals surface area contributed by atoms with Crippen molar-refractivity contribution in [3.8, 4) is 29.0 Å². The molecule has 3 atom stereocenters. The van der Waals surface area contributed by atoms with Crippen molar-refractivity contribution in [2.24, 2.45) is 0 Å². The molecule has 5 aromatic rings. The number of ether oxygens (including phenoxy) is 2. The third-order valence-corrected chi connectivity index (χ3v) is 11.0. The first-order valence-electron chi connectivity index (χ1n) is 16.8. The van der Waals surface area contributed by atoms with E-state index in [9.17, 15) is 14.0 Å². The van der Waals surface area contributed by atoms with E-state index in [1.807, 2.05) is 6.92 Å². The van der Waals surface area contributed by atoms with Gasteiger partial charge in [-0.25, -0.2) is 18.2 Å². The number of pyridine rings is 1. The number of nitrogens with zero attached hydrogens (tertiary/aromatic N) is 6. The number of halogens is 6. The SMILES string of the molecule is COc1nc2c3c(c(C(F)(F)F)c(-c4ccc(F)c5sc(N)c(C#N)c45)c(F)c3n1)OCCN2C(C)c1cc(C)cnc1N.FC1CC2CCCN2C1. The molecular formula is C36H34F6N8O2S. The van der Waals surface area contributed by atoms with E-state index in [1.54, 1.807) is 30.2 Å². The highest BCUT2D eigenvalue weighted by atomic mass is 32.1. The van der Waals surface area contributed by atoms with Gasteiger partial charge in [0.2, 0.25) is 0 Å². The molecule has 53 heavy (non-hydrogen) atoms. The average Bonchev–Trinajstić information content (AvgIpc) is 3.76. The molecule has 6 heterocycles. The molecule has 0 bridgehead atoms. The van der Waals surface area contributed by atoms with Gasteiger partial charge in [-0.1, -0.05) is 6.07 Å². The summed E-state index contributed by atoms with van der Waals surface area (Å²) in [5, 5.41) is 9.04. The number of anilines is 3. The molecule has 3 aromatic heterocycles. The number of hydrogen-bond donors (Lipinski definition) is 2. The summed E-state index contributed by atoms with van der Waals surface area (Å²) >= 11 is 0.676. The fourth-order valence-corrected chi connectivity index (χ4v) is 8.55. The molecule has 0 aliphatic carbocycles. The normalized spacial score (nSPS) is 19.0. The van der Waals surface area contributed by atoms with E-state index in [1.165, 1.54) is 20.0 Å². The molecule has 0 amide bonds. The van der Waals surface area contributed by atoms with Crippen LogP contribution in [0.1, 0.15) is 54.5 Å². The molecule has 0 spiro atoms. The second-order valence-electron chi connectivity index (χ2n) is 13.2. The summed E-state index contributed by atoms with van der Waals surface area (Å²) in [5.74, 6) is -2.82. The number of aromatic nitrogens is 3. The van der Waals surface area contributed by atoms with E-state index in [4.69, 9.17) is 20.9 Å². The molecule has 3 unspecified atom stereocenters. The lowest BCUT2D eigenvalue weighted by Gasteiger charge is -2.30. The summed E-state index contributed by atoms with van der Waals surface area (Å²) in [6.07, 6.45) is -0.791. The Morgan fingerprint density at radius 1 is 1.15 bits per heavy atom. The zero-order valence-electron chi connectivity index (χ0n) is 28.8. The number of nitrogens with two attached hydrogens (primary N) is 2. The van der Waals surface area contributed by atoms with Crippen LogP contribution in [0.4, 0.5) is 43.0 Å². The van der Waals surface area contributed by atoms with Gasteiger partial charge in [-0.2, -0.15) is 28.4 Å². The molecule has 4 N–H and O–H groups in total. The van der Waals surface area contributed by atoms with Crippen molar-refractivity contribution in [3.05, 3.63) is 58.3 Å². The molecule has 0 radical (unpaired) electrons. The number of benzene rings is 2. The van der Waals surface area contributed by atoms with E-state index in [-0.39, 0.29) is 56.8 Å². The van der Waals surface area contributed by atoms with Gasteiger partial charge in [0.1, 0.15) is 58.1 Å². The number of rotatable bonds is 4. The summed E-state index contributed by atoms with van der Waals surface area (Å²) in [7, 11) is 1.23. The highest BCUT2D eigenvalue weighted by Crippen LogP contribution is 2.53. The Morgan fingerprint density at radius 2 is 1.92 bits per heavy atom. The third kappa shape index (κ3) is 6.27. The van der Waals surface area contributed by atoms with Crippen LogP contribution >= 0.6 is 11.3 Å². The maximum atomic E-state index is 16.8. The van der Waals surface area contributed by atoms with Crippen LogP contribution in [0.5, 0.6) is 11.8 Å². The van der Waals surface area contributed by atoms with E-state index in [0.717, 1.165) is 30.7 Å². The van der Waals surface area contributed by atoms with Crippen LogP contribution in [0, 0.1) is 29.9 Å². The monoisotopic (exact) mass is 756 g/mol. The first kappa shape index (κ1) is 36.3. The molecule has 2 aromatic carbocycles. The number of thiophene rings is 1. The summed E-state index contributed by atoms with van der Waals surface area (Å²) in [4.78, 5) is 16.6. The van der Waals surface area contributed by atoms with Gasteiger partial charge in [0.15, 0.2) is 5.82 Å². The van der Waals surface area contributed by atoms with Crippen molar-refractivity contribution in [2.75, 3.05) is 49.7 Å². The number of hydrogen-bond acceptors (Lipinski definition) is 11. The second kappa shape index (κ2) is 13.7. The van der Waals surface area contributed by atoms with E-state index < -0.39 is 58.0 Å². The van der Waals surface area contributed by atoms with Gasteiger partial charge in [0.25, 0.3) is 0 Å². The Labute approximate surface area is 303 Å². The summed E-state index contributed by atoms with van der Waals surface area (Å²) in [6.45, 7) is 5.18. The van der Waals surface area contributed by atoms with Crippen molar-refractivity contribution in [2.45, 2.75) is 57.5 Å². The van der Waals surface area contributed by atoms with Crippen LogP contribution in [-0.4, -0.2) is 65.4 Å². The Balaban J connectivity index is 0.000000418. The Kier molecular flexibility index (Phi) is 9.39. The number of alkyl halides is 4. The van der Waals surface area contributed by atoms with Gasteiger partial charge in [-0.3, -0.25) is 4.90 Å². The molecular weight excluding hydrogens is 723 g/mol. The summed E-state index contributed by atoms with van der Waals surface area (Å²) in [5.41, 5.74) is 9.81. The Bertz CT molecular complexity index is 2280. The van der Waals surface area contributed by atoms with E-state index >= 15 is 17.6 Å². The van der Waals surface area contributed by atoms with Crippen LogP contribution in [0.25, 0.3) is 32.1 Å². The van der Waals surface area contributed by atoms with E-state index in [2.05, 4.69) is 19.9 Å². The highest BCUT2D eigenvalue weighted by molar-refractivity contribution is 7.23. The molecule has 8 rings (SSSR count). The quantitative estimate of drug-likeness (QED) is 0.175. The van der Waals surface area contributed by atoms with E-state index in [0.29, 0.717) is 29.5 Å². The van der Waals surface area contributed by atoms with Crippen LogP contribution in [0.15, 0.2) is 24.4 Å². The van der Waals surface area contributed by atoms with Gasteiger partial charge >= 0.3 is 12.2 Å². The van der Waals surface area contributed by atoms with Crippen molar-refractivity contribution in [3.63, 3.8) is 0 Å². The number of methoxy groups -OCH3 is 1. The number of fused-ring (bicyclic) bond motifs is 2. The van der Waals surface area contributed by atoms with Crippen LogP contribution in [0.3, 0.4) is 0 Å². The second-order valence-corrected chi connectivity index (χ2v) is 14.3. The first-order chi connectivity index (χ1) is 25.2. The van der Waals surface area contributed by atoms with Crippen molar-refractivity contribution in [1.82, 2.24) is 19.9 Å². The van der Waals surface area contributed by atoms with Crippen molar-refractivity contribution < 1.29 is 35.8 Å². The zero-order chi connectivity index (χ0) is 37.9.